The Kier molecular flexibility index (Phi) is 8.49. The molecule has 0 saturated heterocycles. The fourth-order valence-corrected chi connectivity index (χ4v) is 9.22. The monoisotopic (exact) mass is 770 g/mol. The Morgan fingerprint density at radius 3 is 1.48 bits per heavy atom. The summed E-state index contributed by atoms with van der Waals surface area (Å²) in [6.45, 7) is 4.73. The number of rotatable bonds is 8. The summed E-state index contributed by atoms with van der Waals surface area (Å²) in [5, 5.41) is 2.23. The second kappa shape index (κ2) is 14.3. The Morgan fingerprint density at radius 1 is 0.350 bits per heavy atom. The molecule has 9 aromatic carbocycles. The molecule has 1 aliphatic rings. The maximum Gasteiger partial charge on any atom is 0.159 e. The number of benzene rings is 9. The van der Waals surface area contributed by atoms with Crippen LogP contribution in [0, 0.1) is 0 Å². The van der Waals surface area contributed by atoms with Crippen molar-refractivity contribution in [3.05, 3.63) is 230 Å². The van der Waals surface area contributed by atoms with E-state index in [1.54, 1.807) is 0 Å². The van der Waals surface area contributed by atoms with Gasteiger partial charge in [0.1, 0.15) is 5.58 Å². The third kappa shape index (κ3) is 5.98. The van der Waals surface area contributed by atoms with E-state index in [4.69, 9.17) is 4.42 Å². The molecule has 1 heterocycles. The SMILES string of the molecule is CC1(C)c2cc(-c3ccccc3)ccc2-c2ccc(N(c3ccccc3)c3ccc(-c4ccc(N(c5ccccc5)c5cccc6c5oc5ccccc56)cc4)cc3)cc21. The van der Waals surface area contributed by atoms with Crippen molar-refractivity contribution in [3.8, 4) is 33.4 Å². The van der Waals surface area contributed by atoms with Gasteiger partial charge in [-0.15, -0.1) is 0 Å². The highest BCUT2D eigenvalue weighted by Gasteiger charge is 2.36. The van der Waals surface area contributed by atoms with Crippen molar-refractivity contribution in [3.63, 3.8) is 0 Å². The highest BCUT2D eigenvalue weighted by molar-refractivity contribution is 6.10. The zero-order valence-electron chi connectivity index (χ0n) is 33.6. The number of fused-ring (bicyclic) bond motifs is 6. The van der Waals surface area contributed by atoms with Gasteiger partial charge in [0.2, 0.25) is 0 Å². The summed E-state index contributed by atoms with van der Waals surface area (Å²) in [5.41, 5.74) is 18.3. The van der Waals surface area contributed by atoms with Crippen LogP contribution >= 0.6 is 0 Å². The van der Waals surface area contributed by atoms with Crippen LogP contribution in [0.15, 0.2) is 223 Å². The summed E-state index contributed by atoms with van der Waals surface area (Å²) in [4.78, 5) is 4.66. The molecule has 0 fully saturated rings. The minimum Gasteiger partial charge on any atom is -0.454 e. The van der Waals surface area contributed by atoms with Crippen LogP contribution in [0.25, 0.3) is 55.3 Å². The summed E-state index contributed by atoms with van der Waals surface area (Å²) in [7, 11) is 0. The Labute approximate surface area is 351 Å². The van der Waals surface area contributed by atoms with Crippen molar-refractivity contribution in [1.29, 1.82) is 0 Å². The Morgan fingerprint density at radius 2 is 0.817 bits per heavy atom. The van der Waals surface area contributed by atoms with E-state index in [9.17, 15) is 0 Å². The number of nitrogens with zero attached hydrogens (tertiary/aromatic N) is 2. The van der Waals surface area contributed by atoms with Crippen molar-refractivity contribution in [2.24, 2.45) is 0 Å². The largest absolute Gasteiger partial charge is 0.454 e. The molecule has 0 atom stereocenters. The third-order valence-electron chi connectivity index (χ3n) is 12.3. The van der Waals surface area contributed by atoms with Crippen molar-refractivity contribution in [2.75, 3.05) is 9.80 Å². The Bertz CT molecular complexity index is 3150. The molecule has 60 heavy (non-hydrogen) atoms. The topological polar surface area (TPSA) is 19.6 Å². The highest BCUT2D eigenvalue weighted by Crippen LogP contribution is 2.52. The molecule has 0 aliphatic heterocycles. The maximum atomic E-state index is 6.52. The van der Waals surface area contributed by atoms with Gasteiger partial charge >= 0.3 is 0 Å². The van der Waals surface area contributed by atoms with E-state index in [2.05, 4.69) is 230 Å². The van der Waals surface area contributed by atoms with Gasteiger partial charge in [0.25, 0.3) is 0 Å². The van der Waals surface area contributed by atoms with Crippen LogP contribution in [0.1, 0.15) is 25.0 Å². The number of para-hydroxylation sites is 4. The molecule has 0 N–H and O–H groups in total. The van der Waals surface area contributed by atoms with Crippen LogP contribution in [0.5, 0.6) is 0 Å². The van der Waals surface area contributed by atoms with E-state index >= 15 is 0 Å². The van der Waals surface area contributed by atoms with Crippen LogP contribution in [0.4, 0.5) is 34.1 Å². The molecule has 3 nitrogen and oxygen atoms in total. The average molecular weight is 771 g/mol. The minimum atomic E-state index is -0.154. The molecule has 0 unspecified atom stereocenters. The standard InChI is InChI=1S/C57H42N2O/c1-57(2)52-37-42(39-15-6-3-7-16-39)29-35-48(52)49-36-34-47(38-53(49)57)58(43-17-8-4-9-18-43)45-30-25-40(26-31-45)41-27-32-46(33-28-41)59(44-19-10-5-11-20-44)54-23-14-22-51-50-21-12-13-24-55(50)60-56(51)54/h3-38H,1-2H3. The second-order valence-corrected chi connectivity index (χ2v) is 16.2. The number of hydrogen-bond acceptors (Lipinski definition) is 3. The van der Waals surface area contributed by atoms with Gasteiger partial charge in [-0.2, -0.15) is 0 Å². The van der Waals surface area contributed by atoms with Crippen molar-refractivity contribution in [2.45, 2.75) is 19.3 Å². The summed E-state index contributed by atoms with van der Waals surface area (Å²) >= 11 is 0. The molecule has 0 radical (unpaired) electrons. The average Bonchev–Trinajstić information content (AvgIpc) is 3.80. The molecular formula is C57H42N2O. The molecule has 11 rings (SSSR count). The maximum absolute atomic E-state index is 6.52. The van der Waals surface area contributed by atoms with Gasteiger partial charge in [-0.05, 0) is 123 Å². The molecule has 1 aromatic heterocycles. The summed E-state index contributed by atoms with van der Waals surface area (Å²) in [6.07, 6.45) is 0. The fourth-order valence-electron chi connectivity index (χ4n) is 9.22. The van der Waals surface area contributed by atoms with Crippen LogP contribution in [-0.4, -0.2) is 0 Å². The van der Waals surface area contributed by atoms with Gasteiger partial charge in [0.05, 0.1) is 5.69 Å². The van der Waals surface area contributed by atoms with E-state index in [1.807, 2.05) is 12.1 Å². The number of furan rings is 1. The zero-order chi connectivity index (χ0) is 40.2. The quantitative estimate of drug-likeness (QED) is 0.153. The predicted molar refractivity (Wildman–Crippen MR) is 252 cm³/mol. The van der Waals surface area contributed by atoms with E-state index in [0.29, 0.717) is 0 Å². The summed E-state index contributed by atoms with van der Waals surface area (Å²) in [6, 6.07) is 78.4. The van der Waals surface area contributed by atoms with Crippen LogP contribution in [0.3, 0.4) is 0 Å². The van der Waals surface area contributed by atoms with Crippen LogP contribution in [0.2, 0.25) is 0 Å². The van der Waals surface area contributed by atoms with Crippen molar-refractivity contribution >= 4 is 56.1 Å². The van der Waals surface area contributed by atoms with Gasteiger partial charge in [0.15, 0.2) is 5.58 Å². The van der Waals surface area contributed by atoms with E-state index in [1.165, 1.54) is 33.4 Å². The molecular weight excluding hydrogens is 729 g/mol. The molecule has 3 heteroatoms. The second-order valence-electron chi connectivity index (χ2n) is 16.2. The van der Waals surface area contributed by atoms with Crippen molar-refractivity contribution < 1.29 is 4.42 Å². The molecule has 286 valence electrons. The minimum absolute atomic E-state index is 0.154. The zero-order valence-corrected chi connectivity index (χ0v) is 33.6. The molecule has 1 aliphatic carbocycles. The summed E-state index contributed by atoms with van der Waals surface area (Å²) in [5.74, 6) is 0. The molecule has 0 spiro atoms. The van der Waals surface area contributed by atoms with Crippen LogP contribution < -0.4 is 9.80 Å². The van der Waals surface area contributed by atoms with E-state index in [-0.39, 0.29) is 5.41 Å². The summed E-state index contributed by atoms with van der Waals surface area (Å²) < 4.78 is 6.52. The fraction of sp³-hybridized carbons (Fsp3) is 0.0526. The van der Waals surface area contributed by atoms with E-state index in [0.717, 1.165) is 67.2 Å². The molecule has 0 saturated carbocycles. The first-order chi connectivity index (χ1) is 29.5. The van der Waals surface area contributed by atoms with Crippen LogP contribution in [-0.2, 0) is 5.41 Å². The lowest BCUT2D eigenvalue weighted by molar-refractivity contribution is 0.660. The normalized spacial score (nSPS) is 12.6. The van der Waals surface area contributed by atoms with Gasteiger partial charge in [-0.1, -0.05) is 153 Å². The van der Waals surface area contributed by atoms with Gasteiger partial charge < -0.3 is 14.2 Å². The Hall–Kier alpha value is -7.62. The Balaban J connectivity index is 0.930. The first kappa shape index (κ1) is 35.5. The number of hydrogen-bond donors (Lipinski definition) is 0. The molecule has 0 bridgehead atoms. The first-order valence-electron chi connectivity index (χ1n) is 20.7. The van der Waals surface area contributed by atoms with Gasteiger partial charge in [-0.3, -0.25) is 0 Å². The smallest absolute Gasteiger partial charge is 0.159 e. The van der Waals surface area contributed by atoms with E-state index < -0.39 is 0 Å². The molecule has 0 amide bonds. The highest BCUT2D eigenvalue weighted by atomic mass is 16.3. The molecule has 10 aromatic rings. The van der Waals surface area contributed by atoms with Gasteiger partial charge in [-0.25, -0.2) is 0 Å². The predicted octanol–water partition coefficient (Wildman–Crippen LogP) is 16.2. The lowest BCUT2D eigenvalue weighted by Gasteiger charge is -2.28. The number of anilines is 6. The van der Waals surface area contributed by atoms with Crippen molar-refractivity contribution in [1.82, 2.24) is 0 Å². The first-order valence-corrected chi connectivity index (χ1v) is 20.7. The third-order valence-corrected chi connectivity index (χ3v) is 12.3. The van der Waals surface area contributed by atoms with Gasteiger partial charge in [0, 0.05) is 44.6 Å². The lowest BCUT2D eigenvalue weighted by Crippen LogP contribution is -2.16. The lowest BCUT2D eigenvalue weighted by atomic mass is 9.81.